The number of esters is 1. The van der Waals surface area contributed by atoms with Crippen molar-refractivity contribution in [2.45, 2.75) is 211 Å². The number of carbonyl (C=O) groups excluding carboxylic acids is 1. The first kappa shape index (κ1) is 35.8. The van der Waals surface area contributed by atoms with Crippen LogP contribution in [0.25, 0.3) is 0 Å². The molecule has 0 bridgehead atoms. The van der Waals surface area contributed by atoms with Crippen molar-refractivity contribution in [1.29, 1.82) is 0 Å². The number of hydrogen-bond donors (Lipinski definition) is 1. The third-order valence-corrected chi connectivity index (χ3v) is 9.62. The van der Waals surface area contributed by atoms with Crippen LogP contribution in [0.1, 0.15) is 189 Å². The monoisotopic (exact) mass is 593 g/mol. The number of piperidine rings is 1. The maximum absolute atomic E-state index is 12.9. The van der Waals surface area contributed by atoms with Gasteiger partial charge in [0, 0.05) is 30.5 Å². The van der Waals surface area contributed by atoms with Gasteiger partial charge in [-0.25, -0.2) is 0 Å². The lowest BCUT2D eigenvalue weighted by molar-refractivity contribution is -0.265. The van der Waals surface area contributed by atoms with E-state index in [1.807, 2.05) is 0 Å². The number of hydrogen-bond acceptors (Lipinski definition) is 6. The van der Waals surface area contributed by atoms with Crippen molar-refractivity contribution < 1.29 is 19.1 Å². The first-order valence-corrected chi connectivity index (χ1v) is 18.2. The molecule has 0 aromatic rings. The van der Waals surface area contributed by atoms with Gasteiger partial charge in [-0.3, -0.25) is 9.63 Å². The lowest BCUT2D eigenvalue weighted by Crippen LogP contribution is -2.64. The largest absolute Gasteiger partial charge is 0.466 e. The van der Waals surface area contributed by atoms with Crippen LogP contribution >= 0.6 is 0 Å². The molecule has 0 aromatic heterocycles. The lowest BCUT2D eigenvalue weighted by atomic mass is 9.78. The Morgan fingerprint density at radius 3 is 1.71 bits per heavy atom. The molecule has 3 rings (SSSR count). The van der Waals surface area contributed by atoms with Gasteiger partial charge in [0.25, 0.3) is 0 Å². The SMILES string of the molecule is CCCCCCCCCCCCOC(=O)CCN1OC2(CC(C)(C)NC(C)(C)C2)OC12CCCCCCCCCCC2. The van der Waals surface area contributed by atoms with Gasteiger partial charge >= 0.3 is 5.97 Å². The van der Waals surface area contributed by atoms with Crippen LogP contribution in [0.2, 0.25) is 0 Å². The molecule has 3 fully saturated rings. The average molecular weight is 593 g/mol. The van der Waals surface area contributed by atoms with Crippen molar-refractivity contribution in [3.8, 4) is 0 Å². The van der Waals surface area contributed by atoms with Gasteiger partial charge in [-0.1, -0.05) is 110 Å². The maximum atomic E-state index is 12.9. The molecule has 2 heterocycles. The summed E-state index contributed by atoms with van der Waals surface area (Å²) in [6, 6.07) is 0. The summed E-state index contributed by atoms with van der Waals surface area (Å²) in [6.07, 6.45) is 28.1. The second kappa shape index (κ2) is 17.7. The molecule has 0 unspecified atom stereocenters. The van der Waals surface area contributed by atoms with E-state index >= 15 is 0 Å². The highest BCUT2D eigenvalue weighted by Gasteiger charge is 2.60. The molecule has 6 nitrogen and oxygen atoms in total. The summed E-state index contributed by atoms with van der Waals surface area (Å²) in [7, 11) is 0. The molecular formula is C36H68N2O4. The minimum absolute atomic E-state index is 0.0989. The van der Waals surface area contributed by atoms with Gasteiger partial charge in [0.05, 0.1) is 13.0 Å². The first-order valence-electron chi connectivity index (χ1n) is 18.2. The molecule has 2 aliphatic heterocycles. The van der Waals surface area contributed by atoms with Crippen molar-refractivity contribution in [3.05, 3.63) is 0 Å². The summed E-state index contributed by atoms with van der Waals surface area (Å²) in [5, 5.41) is 5.91. The van der Waals surface area contributed by atoms with Crippen LogP contribution in [-0.4, -0.2) is 46.8 Å². The summed E-state index contributed by atoms with van der Waals surface area (Å²) in [6.45, 7) is 12.4. The van der Waals surface area contributed by atoms with Crippen LogP contribution in [0.15, 0.2) is 0 Å². The van der Waals surface area contributed by atoms with Crippen LogP contribution in [-0.2, 0) is 19.1 Å². The van der Waals surface area contributed by atoms with Crippen molar-refractivity contribution in [2.24, 2.45) is 0 Å². The van der Waals surface area contributed by atoms with Crippen LogP contribution in [0.5, 0.6) is 0 Å². The summed E-state index contributed by atoms with van der Waals surface area (Å²) in [5.74, 6) is -0.764. The van der Waals surface area contributed by atoms with E-state index in [0.717, 1.165) is 51.4 Å². The van der Waals surface area contributed by atoms with E-state index in [2.05, 4.69) is 45.0 Å². The van der Waals surface area contributed by atoms with E-state index in [4.69, 9.17) is 14.3 Å². The molecule has 42 heavy (non-hydrogen) atoms. The highest BCUT2D eigenvalue weighted by atomic mass is 16.9. The number of nitrogens with zero attached hydrogens (tertiary/aromatic N) is 1. The second-order valence-electron chi connectivity index (χ2n) is 15.2. The van der Waals surface area contributed by atoms with Gasteiger partial charge in [-0.05, 0) is 59.8 Å². The molecule has 1 saturated carbocycles. The number of nitrogens with one attached hydrogen (secondary N) is 1. The van der Waals surface area contributed by atoms with E-state index in [-0.39, 0.29) is 17.0 Å². The number of unbranched alkanes of at least 4 members (excludes halogenated alkanes) is 9. The summed E-state index contributed by atoms with van der Waals surface area (Å²) < 4.78 is 12.9. The predicted molar refractivity (Wildman–Crippen MR) is 173 cm³/mol. The number of ether oxygens (including phenoxy) is 2. The van der Waals surface area contributed by atoms with Crippen LogP contribution in [0.4, 0.5) is 0 Å². The van der Waals surface area contributed by atoms with Crippen molar-refractivity contribution in [3.63, 3.8) is 0 Å². The predicted octanol–water partition coefficient (Wildman–Crippen LogP) is 9.74. The Morgan fingerprint density at radius 2 is 1.19 bits per heavy atom. The van der Waals surface area contributed by atoms with E-state index in [1.165, 1.54) is 96.3 Å². The molecule has 2 saturated heterocycles. The average Bonchev–Trinajstić information content (AvgIpc) is 3.17. The van der Waals surface area contributed by atoms with Gasteiger partial charge in [0.2, 0.25) is 0 Å². The lowest BCUT2D eigenvalue weighted by Gasteiger charge is -2.50. The van der Waals surface area contributed by atoms with Crippen molar-refractivity contribution >= 4 is 5.97 Å². The highest BCUT2D eigenvalue weighted by Crippen LogP contribution is 2.51. The normalized spacial score (nSPS) is 24.3. The molecule has 246 valence electrons. The third-order valence-electron chi connectivity index (χ3n) is 9.62. The van der Waals surface area contributed by atoms with E-state index < -0.39 is 11.5 Å². The third kappa shape index (κ3) is 12.4. The quantitative estimate of drug-likeness (QED) is 0.160. The first-order chi connectivity index (χ1) is 20.1. The maximum Gasteiger partial charge on any atom is 0.307 e. The summed E-state index contributed by atoms with van der Waals surface area (Å²) in [4.78, 5) is 19.8. The zero-order valence-corrected chi connectivity index (χ0v) is 28.5. The standard InChI is InChI=1S/C36H68N2O4/c1-6-7-8-9-10-11-15-18-21-24-29-40-32(39)25-28-38-35(26-22-19-16-13-12-14-17-20-23-27-35)41-36(42-38)30-33(2,3)37-34(4,5)31-36/h37H,6-31H2,1-5H3. The van der Waals surface area contributed by atoms with Gasteiger partial charge in [0.15, 0.2) is 5.79 Å². The molecule has 3 aliphatic rings. The Kier molecular flexibility index (Phi) is 15.1. The zero-order valence-electron chi connectivity index (χ0n) is 28.5. The van der Waals surface area contributed by atoms with E-state index in [1.54, 1.807) is 0 Å². The van der Waals surface area contributed by atoms with Crippen LogP contribution in [0.3, 0.4) is 0 Å². The minimum Gasteiger partial charge on any atom is -0.466 e. The Bertz CT molecular complexity index is 739. The Labute approximate surface area is 259 Å². The number of hydroxylamine groups is 2. The molecule has 2 spiro atoms. The molecule has 6 heteroatoms. The summed E-state index contributed by atoms with van der Waals surface area (Å²) in [5.41, 5.74) is -0.657. The molecule has 0 amide bonds. The highest BCUT2D eigenvalue weighted by molar-refractivity contribution is 5.69. The zero-order chi connectivity index (χ0) is 30.4. The van der Waals surface area contributed by atoms with Crippen LogP contribution in [0, 0.1) is 0 Å². The van der Waals surface area contributed by atoms with E-state index in [0.29, 0.717) is 19.6 Å². The number of carbonyl (C=O) groups is 1. The topological polar surface area (TPSA) is 60.0 Å². The minimum atomic E-state index is -0.658. The fourth-order valence-electron chi connectivity index (χ4n) is 8.06. The molecule has 1 aliphatic carbocycles. The molecule has 0 atom stereocenters. The fraction of sp³-hybridized carbons (Fsp3) is 0.972. The van der Waals surface area contributed by atoms with Crippen molar-refractivity contribution in [2.75, 3.05) is 13.2 Å². The van der Waals surface area contributed by atoms with Crippen LogP contribution < -0.4 is 5.32 Å². The fourth-order valence-corrected chi connectivity index (χ4v) is 8.06. The van der Waals surface area contributed by atoms with Gasteiger partial charge < -0.3 is 14.8 Å². The van der Waals surface area contributed by atoms with Gasteiger partial charge in [-0.2, -0.15) is 5.06 Å². The molecule has 1 N–H and O–H groups in total. The second-order valence-corrected chi connectivity index (χ2v) is 15.2. The Balaban J connectivity index is 1.53. The molecule has 0 radical (unpaired) electrons. The smallest absolute Gasteiger partial charge is 0.307 e. The molecule has 0 aromatic carbocycles. The van der Waals surface area contributed by atoms with Gasteiger partial charge in [0.1, 0.15) is 5.72 Å². The van der Waals surface area contributed by atoms with Gasteiger partial charge in [-0.15, -0.1) is 0 Å². The van der Waals surface area contributed by atoms with E-state index in [9.17, 15) is 4.79 Å². The Morgan fingerprint density at radius 1 is 0.714 bits per heavy atom. The number of rotatable bonds is 14. The Hall–Kier alpha value is -0.690. The molecular weight excluding hydrogens is 524 g/mol. The van der Waals surface area contributed by atoms with Crippen molar-refractivity contribution in [1.82, 2.24) is 10.4 Å². The summed E-state index contributed by atoms with van der Waals surface area (Å²) >= 11 is 0.